The lowest BCUT2D eigenvalue weighted by molar-refractivity contribution is -0.202. The van der Waals surface area contributed by atoms with E-state index in [1.165, 1.54) is 6.08 Å². The van der Waals surface area contributed by atoms with E-state index in [0.717, 1.165) is 0 Å². The molecule has 11 heavy (non-hydrogen) atoms. The Morgan fingerprint density at radius 3 is 2.55 bits per heavy atom. The summed E-state index contributed by atoms with van der Waals surface area (Å²) < 4.78 is 40.3. The van der Waals surface area contributed by atoms with E-state index in [1.807, 2.05) is 0 Å². The Kier molecular flexibility index (Phi) is 2.47. The van der Waals surface area contributed by atoms with E-state index in [9.17, 15) is 13.2 Å². The summed E-state index contributed by atoms with van der Waals surface area (Å²) in [5, 5.41) is 0.347. The molecular formula is C6H6BrF3O. The highest BCUT2D eigenvalue weighted by Gasteiger charge is 2.43. The Morgan fingerprint density at radius 2 is 2.27 bits per heavy atom. The van der Waals surface area contributed by atoms with Crippen LogP contribution in [0.4, 0.5) is 13.2 Å². The highest BCUT2D eigenvalue weighted by Crippen LogP contribution is 2.31. The van der Waals surface area contributed by atoms with E-state index in [1.54, 1.807) is 0 Å². The minimum absolute atomic E-state index is 0.0650. The molecule has 1 rings (SSSR count). The molecule has 0 fully saturated rings. The predicted octanol–water partition coefficient (Wildman–Crippen LogP) is 2.62. The van der Waals surface area contributed by atoms with Gasteiger partial charge in [-0.05, 0) is 6.08 Å². The molecule has 0 N–H and O–H groups in total. The number of rotatable bonds is 1. The van der Waals surface area contributed by atoms with Crippen LogP contribution in [0, 0.1) is 0 Å². The molecular weight excluding hydrogens is 225 g/mol. The Hall–Kier alpha value is -0.190. The van der Waals surface area contributed by atoms with E-state index in [0.29, 0.717) is 11.1 Å². The van der Waals surface area contributed by atoms with E-state index in [2.05, 4.69) is 20.7 Å². The minimum Gasteiger partial charge on any atom is -0.484 e. The second-order valence-electron chi connectivity index (χ2n) is 2.19. The molecule has 0 aromatic carbocycles. The molecule has 0 amide bonds. The number of hydrogen-bond donors (Lipinski definition) is 0. The predicted molar refractivity (Wildman–Crippen MR) is 37.4 cm³/mol. The Labute approximate surface area is 70.3 Å². The number of allylic oxidation sites excluding steroid dienone is 1. The minimum atomic E-state index is -4.24. The molecule has 1 aliphatic rings. The number of halogens is 4. The van der Waals surface area contributed by atoms with E-state index < -0.39 is 12.3 Å². The van der Waals surface area contributed by atoms with Gasteiger partial charge in [-0.2, -0.15) is 13.2 Å². The number of ether oxygens (including phenoxy) is 1. The van der Waals surface area contributed by atoms with Gasteiger partial charge in [0.2, 0.25) is 0 Å². The Balaban J connectivity index is 2.48. The molecule has 0 radical (unpaired) electrons. The van der Waals surface area contributed by atoms with Crippen LogP contribution in [0.3, 0.4) is 0 Å². The van der Waals surface area contributed by atoms with Crippen LogP contribution in [0.1, 0.15) is 6.42 Å². The standard InChI is InChI=1S/C6H6BrF3O/c7-3-4-1-2-5(11-4)6(8,9)10/h1,5H,2-3H2. The smallest absolute Gasteiger partial charge is 0.425 e. The normalized spacial score (nSPS) is 24.7. The second-order valence-corrected chi connectivity index (χ2v) is 2.75. The third-order valence-corrected chi connectivity index (χ3v) is 1.90. The quantitative estimate of drug-likeness (QED) is 0.630. The third-order valence-electron chi connectivity index (χ3n) is 1.35. The SMILES string of the molecule is FC(F)(F)C1CC=C(CBr)O1. The van der Waals surface area contributed by atoms with Crippen LogP contribution in [-0.4, -0.2) is 17.6 Å². The van der Waals surface area contributed by atoms with Crippen molar-refractivity contribution in [3.05, 3.63) is 11.8 Å². The number of hydrogen-bond acceptors (Lipinski definition) is 1. The summed E-state index contributed by atoms with van der Waals surface area (Å²) in [6, 6.07) is 0. The highest BCUT2D eigenvalue weighted by molar-refractivity contribution is 9.09. The molecule has 0 bridgehead atoms. The largest absolute Gasteiger partial charge is 0.484 e. The first-order chi connectivity index (χ1) is 5.04. The zero-order valence-corrected chi connectivity index (χ0v) is 7.08. The summed E-state index contributed by atoms with van der Waals surface area (Å²) in [6.45, 7) is 0. The molecule has 1 heterocycles. The molecule has 0 aromatic rings. The molecule has 1 atom stereocenters. The topological polar surface area (TPSA) is 9.23 Å². The maximum Gasteiger partial charge on any atom is 0.425 e. The molecule has 1 aliphatic heterocycles. The van der Waals surface area contributed by atoms with Crippen LogP contribution in [0.5, 0.6) is 0 Å². The van der Waals surface area contributed by atoms with Gasteiger partial charge < -0.3 is 4.74 Å². The fourth-order valence-electron chi connectivity index (χ4n) is 0.804. The van der Waals surface area contributed by atoms with Crippen molar-refractivity contribution in [3.8, 4) is 0 Å². The lowest BCUT2D eigenvalue weighted by Crippen LogP contribution is -2.28. The van der Waals surface area contributed by atoms with Crippen LogP contribution in [0.15, 0.2) is 11.8 Å². The van der Waals surface area contributed by atoms with Crippen LogP contribution in [0.25, 0.3) is 0 Å². The molecule has 0 aliphatic carbocycles. The molecule has 64 valence electrons. The Morgan fingerprint density at radius 1 is 1.64 bits per heavy atom. The van der Waals surface area contributed by atoms with Crippen molar-refractivity contribution in [2.24, 2.45) is 0 Å². The number of alkyl halides is 4. The summed E-state index contributed by atoms with van der Waals surface area (Å²) in [4.78, 5) is 0. The molecule has 5 heteroatoms. The van der Waals surface area contributed by atoms with Gasteiger partial charge in [-0.3, -0.25) is 0 Å². The maximum absolute atomic E-state index is 11.9. The van der Waals surface area contributed by atoms with Gasteiger partial charge in [0, 0.05) is 6.42 Å². The van der Waals surface area contributed by atoms with Crippen molar-refractivity contribution in [2.45, 2.75) is 18.7 Å². The van der Waals surface area contributed by atoms with Crippen molar-refractivity contribution >= 4 is 15.9 Å². The Bertz CT molecular complexity index is 175. The van der Waals surface area contributed by atoms with Crippen LogP contribution in [-0.2, 0) is 4.74 Å². The van der Waals surface area contributed by atoms with Crippen LogP contribution in [0.2, 0.25) is 0 Å². The second kappa shape index (κ2) is 3.05. The zero-order valence-electron chi connectivity index (χ0n) is 5.49. The summed E-state index contributed by atoms with van der Waals surface area (Å²) >= 11 is 3.01. The zero-order chi connectivity index (χ0) is 8.48. The van der Waals surface area contributed by atoms with Crippen molar-refractivity contribution in [3.63, 3.8) is 0 Å². The van der Waals surface area contributed by atoms with Crippen LogP contribution >= 0.6 is 15.9 Å². The van der Waals surface area contributed by atoms with E-state index >= 15 is 0 Å². The molecule has 0 spiro atoms. The van der Waals surface area contributed by atoms with E-state index in [-0.39, 0.29) is 6.42 Å². The average molecular weight is 231 g/mol. The van der Waals surface area contributed by atoms with Gasteiger partial charge in [-0.1, -0.05) is 15.9 Å². The summed E-state index contributed by atoms with van der Waals surface area (Å²) in [5.74, 6) is 0.368. The first-order valence-electron chi connectivity index (χ1n) is 3.02. The van der Waals surface area contributed by atoms with E-state index in [4.69, 9.17) is 0 Å². The van der Waals surface area contributed by atoms with Crippen molar-refractivity contribution in [1.82, 2.24) is 0 Å². The lowest BCUT2D eigenvalue weighted by atomic mass is 10.3. The lowest BCUT2D eigenvalue weighted by Gasteiger charge is -2.15. The summed E-state index contributed by atoms with van der Waals surface area (Å²) in [5.41, 5.74) is 0. The fraction of sp³-hybridized carbons (Fsp3) is 0.667. The summed E-state index contributed by atoms with van der Waals surface area (Å²) in [6.07, 6.45) is -4.48. The molecule has 1 unspecified atom stereocenters. The third kappa shape index (κ3) is 2.12. The molecule has 0 saturated carbocycles. The maximum atomic E-state index is 11.9. The highest BCUT2D eigenvalue weighted by atomic mass is 79.9. The fourth-order valence-corrected chi connectivity index (χ4v) is 1.17. The molecule has 0 saturated heterocycles. The van der Waals surface area contributed by atoms with Crippen molar-refractivity contribution < 1.29 is 17.9 Å². The van der Waals surface area contributed by atoms with Crippen molar-refractivity contribution in [2.75, 3.05) is 5.33 Å². The van der Waals surface area contributed by atoms with Gasteiger partial charge in [-0.25, -0.2) is 0 Å². The van der Waals surface area contributed by atoms with Gasteiger partial charge in [0.05, 0.1) is 5.33 Å². The molecule has 0 aromatic heterocycles. The monoisotopic (exact) mass is 230 g/mol. The first-order valence-corrected chi connectivity index (χ1v) is 4.14. The van der Waals surface area contributed by atoms with Gasteiger partial charge >= 0.3 is 6.18 Å². The van der Waals surface area contributed by atoms with Gasteiger partial charge in [-0.15, -0.1) is 0 Å². The molecule has 1 nitrogen and oxygen atoms in total. The average Bonchev–Trinajstić information content (AvgIpc) is 2.32. The van der Waals surface area contributed by atoms with Gasteiger partial charge in [0.1, 0.15) is 5.76 Å². The van der Waals surface area contributed by atoms with Gasteiger partial charge in [0.15, 0.2) is 6.10 Å². The van der Waals surface area contributed by atoms with Gasteiger partial charge in [0.25, 0.3) is 0 Å². The van der Waals surface area contributed by atoms with Crippen LogP contribution < -0.4 is 0 Å². The summed E-state index contributed by atoms with van der Waals surface area (Å²) in [7, 11) is 0. The van der Waals surface area contributed by atoms with Crippen molar-refractivity contribution in [1.29, 1.82) is 0 Å². The first kappa shape index (κ1) is 8.90.